The Hall–Kier alpha value is -1.34. The van der Waals surface area contributed by atoms with Crippen molar-refractivity contribution in [2.24, 2.45) is 5.92 Å². The van der Waals surface area contributed by atoms with Crippen LogP contribution in [0.15, 0.2) is 0 Å². The van der Waals surface area contributed by atoms with E-state index in [-0.39, 0.29) is 19.4 Å². The van der Waals surface area contributed by atoms with Gasteiger partial charge in [0.25, 0.3) is 0 Å². The first-order valence-electron chi connectivity index (χ1n) is 7.16. The number of amides is 1. The Labute approximate surface area is 124 Å². The van der Waals surface area contributed by atoms with Crippen LogP contribution >= 0.6 is 0 Å². The Morgan fingerprint density at radius 3 is 2.29 bits per heavy atom. The fourth-order valence-corrected chi connectivity index (χ4v) is 2.29. The van der Waals surface area contributed by atoms with Crippen LogP contribution in [0.5, 0.6) is 0 Å². The minimum absolute atomic E-state index is 0.0421. The SMILES string of the molecule is CCOC(=O)[C@H]1C[C@H](O)[C@H](O)C[C@H]1NC(=O)OC(C)(C)C. The number of esters is 1. The number of rotatable bonds is 3. The van der Waals surface area contributed by atoms with Gasteiger partial charge in [0, 0.05) is 6.04 Å². The Morgan fingerprint density at radius 2 is 1.76 bits per heavy atom. The zero-order chi connectivity index (χ0) is 16.2. The average Bonchev–Trinajstić information content (AvgIpc) is 2.31. The number of carbonyl (C=O) groups is 2. The Bertz CT molecular complexity index is 378. The summed E-state index contributed by atoms with van der Waals surface area (Å²) in [7, 11) is 0. The minimum atomic E-state index is -1.00. The van der Waals surface area contributed by atoms with Crippen molar-refractivity contribution in [2.75, 3.05) is 6.61 Å². The number of ether oxygens (including phenoxy) is 2. The molecule has 4 atom stereocenters. The first-order chi connectivity index (χ1) is 9.64. The predicted octanol–water partition coefficient (Wildman–Crippen LogP) is 0.575. The van der Waals surface area contributed by atoms with Gasteiger partial charge in [0.1, 0.15) is 5.60 Å². The number of nitrogens with one attached hydrogen (secondary N) is 1. The fourth-order valence-electron chi connectivity index (χ4n) is 2.29. The van der Waals surface area contributed by atoms with Crippen molar-refractivity contribution < 1.29 is 29.3 Å². The number of hydrogen-bond donors (Lipinski definition) is 3. The third kappa shape index (κ3) is 5.51. The normalized spacial score (nSPS) is 29.6. The van der Waals surface area contributed by atoms with Crippen molar-refractivity contribution in [1.29, 1.82) is 0 Å². The van der Waals surface area contributed by atoms with Crippen LogP contribution in [-0.4, -0.2) is 52.7 Å². The maximum absolute atomic E-state index is 11.9. The molecule has 0 unspecified atom stereocenters. The number of carbonyl (C=O) groups excluding carboxylic acids is 2. The lowest BCUT2D eigenvalue weighted by Gasteiger charge is -2.36. The molecule has 0 radical (unpaired) electrons. The van der Waals surface area contributed by atoms with Crippen molar-refractivity contribution in [3.8, 4) is 0 Å². The van der Waals surface area contributed by atoms with E-state index in [4.69, 9.17) is 9.47 Å². The van der Waals surface area contributed by atoms with E-state index in [1.807, 2.05) is 0 Å². The van der Waals surface area contributed by atoms with E-state index in [0.717, 1.165) is 0 Å². The van der Waals surface area contributed by atoms with Gasteiger partial charge in [0.05, 0.1) is 24.7 Å². The quantitative estimate of drug-likeness (QED) is 0.659. The molecule has 1 aliphatic rings. The predicted molar refractivity (Wildman–Crippen MR) is 74.5 cm³/mol. The standard InChI is InChI=1S/C14H25NO6/c1-5-20-12(18)8-6-10(16)11(17)7-9(8)15-13(19)21-14(2,3)4/h8-11,16-17H,5-7H2,1-4H3,(H,15,19)/t8-,9+,10-,11+/m0/s1. The van der Waals surface area contributed by atoms with Gasteiger partial charge in [-0.2, -0.15) is 0 Å². The van der Waals surface area contributed by atoms with Crippen LogP contribution in [0.1, 0.15) is 40.5 Å². The van der Waals surface area contributed by atoms with Crippen molar-refractivity contribution in [2.45, 2.75) is 64.4 Å². The van der Waals surface area contributed by atoms with Gasteiger partial charge < -0.3 is 25.0 Å². The van der Waals surface area contributed by atoms with Crippen LogP contribution in [0, 0.1) is 5.92 Å². The van der Waals surface area contributed by atoms with E-state index < -0.39 is 41.8 Å². The van der Waals surface area contributed by atoms with Crippen LogP contribution < -0.4 is 5.32 Å². The molecule has 0 aromatic carbocycles. The molecule has 1 aliphatic carbocycles. The summed E-state index contributed by atoms with van der Waals surface area (Å²) in [6.07, 6.45) is -2.54. The molecule has 1 rings (SSSR count). The summed E-state index contributed by atoms with van der Waals surface area (Å²) in [6.45, 7) is 7.09. The van der Waals surface area contributed by atoms with E-state index >= 15 is 0 Å². The van der Waals surface area contributed by atoms with Gasteiger partial charge >= 0.3 is 12.1 Å². The third-order valence-electron chi connectivity index (χ3n) is 3.21. The number of aliphatic hydroxyl groups excluding tert-OH is 2. The summed E-state index contributed by atoms with van der Waals surface area (Å²) < 4.78 is 10.1. The Kier molecular flexibility index (Phi) is 5.98. The molecule has 0 aromatic rings. The molecule has 1 fully saturated rings. The molecule has 0 bridgehead atoms. The average molecular weight is 303 g/mol. The molecule has 0 spiro atoms. The Balaban J connectivity index is 2.74. The van der Waals surface area contributed by atoms with E-state index in [2.05, 4.69) is 5.32 Å². The maximum Gasteiger partial charge on any atom is 0.407 e. The molecular formula is C14H25NO6. The smallest absolute Gasteiger partial charge is 0.407 e. The number of hydrogen-bond acceptors (Lipinski definition) is 6. The van der Waals surface area contributed by atoms with Gasteiger partial charge in [-0.05, 0) is 40.5 Å². The molecule has 3 N–H and O–H groups in total. The molecule has 122 valence electrons. The number of aliphatic hydroxyl groups is 2. The third-order valence-corrected chi connectivity index (χ3v) is 3.21. The van der Waals surface area contributed by atoms with Gasteiger partial charge in [-0.15, -0.1) is 0 Å². The van der Waals surface area contributed by atoms with Gasteiger partial charge in [-0.25, -0.2) is 4.79 Å². The molecule has 7 heteroatoms. The summed E-state index contributed by atoms with van der Waals surface area (Å²) in [5.74, 6) is -1.19. The minimum Gasteiger partial charge on any atom is -0.466 e. The highest BCUT2D eigenvalue weighted by molar-refractivity contribution is 5.75. The van der Waals surface area contributed by atoms with Crippen LogP contribution in [-0.2, 0) is 14.3 Å². The molecule has 7 nitrogen and oxygen atoms in total. The van der Waals surface area contributed by atoms with Crippen molar-refractivity contribution in [3.05, 3.63) is 0 Å². The summed E-state index contributed by atoms with van der Waals surface area (Å²) in [6, 6.07) is -0.628. The highest BCUT2D eigenvalue weighted by Crippen LogP contribution is 2.27. The highest BCUT2D eigenvalue weighted by Gasteiger charge is 2.41. The van der Waals surface area contributed by atoms with E-state index in [0.29, 0.717) is 0 Å². The largest absolute Gasteiger partial charge is 0.466 e. The molecule has 1 amide bonds. The first-order valence-corrected chi connectivity index (χ1v) is 7.16. The van der Waals surface area contributed by atoms with Crippen LogP contribution in [0.2, 0.25) is 0 Å². The molecule has 0 aromatic heterocycles. The maximum atomic E-state index is 11.9. The summed E-state index contributed by atoms with van der Waals surface area (Å²) in [5.41, 5.74) is -0.656. The van der Waals surface area contributed by atoms with Crippen LogP contribution in [0.25, 0.3) is 0 Å². The van der Waals surface area contributed by atoms with E-state index in [1.54, 1.807) is 27.7 Å². The second-order valence-corrected chi connectivity index (χ2v) is 6.22. The van der Waals surface area contributed by atoms with E-state index in [9.17, 15) is 19.8 Å². The monoisotopic (exact) mass is 303 g/mol. The molecule has 1 saturated carbocycles. The second-order valence-electron chi connectivity index (χ2n) is 6.22. The topological polar surface area (TPSA) is 105 Å². The van der Waals surface area contributed by atoms with Gasteiger partial charge in [-0.3, -0.25) is 4.79 Å². The lowest BCUT2D eigenvalue weighted by atomic mass is 9.81. The lowest BCUT2D eigenvalue weighted by Crippen LogP contribution is -2.53. The molecule has 0 saturated heterocycles. The zero-order valence-electron chi connectivity index (χ0n) is 13.0. The highest BCUT2D eigenvalue weighted by atomic mass is 16.6. The molecule has 0 heterocycles. The summed E-state index contributed by atoms with van der Waals surface area (Å²) >= 11 is 0. The van der Waals surface area contributed by atoms with Crippen molar-refractivity contribution in [1.82, 2.24) is 5.32 Å². The van der Waals surface area contributed by atoms with E-state index in [1.165, 1.54) is 0 Å². The van der Waals surface area contributed by atoms with Crippen molar-refractivity contribution >= 4 is 12.1 Å². The fraction of sp³-hybridized carbons (Fsp3) is 0.857. The van der Waals surface area contributed by atoms with Gasteiger partial charge in [0.2, 0.25) is 0 Å². The zero-order valence-corrected chi connectivity index (χ0v) is 13.0. The summed E-state index contributed by atoms with van der Waals surface area (Å²) in [5, 5.41) is 22.0. The van der Waals surface area contributed by atoms with Crippen LogP contribution in [0.3, 0.4) is 0 Å². The van der Waals surface area contributed by atoms with Gasteiger partial charge in [-0.1, -0.05) is 0 Å². The molecule has 0 aliphatic heterocycles. The molecule has 21 heavy (non-hydrogen) atoms. The van der Waals surface area contributed by atoms with Crippen molar-refractivity contribution in [3.63, 3.8) is 0 Å². The Morgan fingerprint density at radius 1 is 1.19 bits per heavy atom. The van der Waals surface area contributed by atoms with Gasteiger partial charge in [0.15, 0.2) is 0 Å². The summed E-state index contributed by atoms with van der Waals surface area (Å²) in [4.78, 5) is 23.7. The second kappa shape index (κ2) is 7.09. The first kappa shape index (κ1) is 17.7. The number of alkyl carbamates (subject to hydrolysis) is 1. The lowest BCUT2D eigenvalue weighted by molar-refractivity contribution is -0.154. The molecular weight excluding hydrogens is 278 g/mol. The van der Waals surface area contributed by atoms with Crippen LogP contribution in [0.4, 0.5) is 4.79 Å².